The Kier molecular flexibility index (Phi) is 4.89. The highest BCUT2D eigenvalue weighted by Crippen LogP contribution is 2.31. The first-order valence-electron chi connectivity index (χ1n) is 8.27. The largest absolute Gasteiger partial charge is 0.327 e. The first kappa shape index (κ1) is 15.9. The summed E-state index contributed by atoms with van der Waals surface area (Å²) in [7, 11) is 0. The molecule has 3 nitrogen and oxygen atoms in total. The van der Waals surface area contributed by atoms with Crippen molar-refractivity contribution < 1.29 is 4.79 Å². The monoisotopic (exact) mass is 308 g/mol. The summed E-state index contributed by atoms with van der Waals surface area (Å²) in [5.41, 5.74) is 8.16. The first-order valence-corrected chi connectivity index (χ1v) is 8.27. The summed E-state index contributed by atoms with van der Waals surface area (Å²) >= 11 is 0. The third kappa shape index (κ3) is 3.69. The third-order valence-corrected chi connectivity index (χ3v) is 4.82. The molecule has 0 bridgehead atoms. The van der Waals surface area contributed by atoms with Crippen molar-refractivity contribution in [2.24, 2.45) is 5.73 Å². The van der Waals surface area contributed by atoms with Crippen LogP contribution in [0.5, 0.6) is 0 Å². The number of carbonyl (C=O) groups is 1. The third-order valence-electron chi connectivity index (χ3n) is 4.82. The number of carbonyl (C=O) groups excluding carboxylic acids is 1. The highest BCUT2D eigenvalue weighted by Gasteiger charge is 2.40. The molecule has 0 radical (unpaired) electrons. The topological polar surface area (TPSA) is 46.3 Å². The summed E-state index contributed by atoms with van der Waals surface area (Å²) in [6.45, 7) is 1.53. The van der Waals surface area contributed by atoms with E-state index in [1.165, 1.54) is 11.1 Å². The van der Waals surface area contributed by atoms with E-state index in [4.69, 9.17) is 5.73 Å². The van der Waals surface area contributed by atoms with E-state index >= 15 is 0 Å². The van der Waals surface area contributed by atoms with E-state index < -0.39 is 5.54 Å². The van der Waals surface area contributed by atoms with Crippen molar-refractivity contribution in [3.8, 4) is 0 Å². The van der Waals surface area contributed by atoms with E-state index in [0.29, 0.717) is 0 Å². The van der Waals surface area contributed by atoms with Crippen LogP contribution in [0.4, 0.5) is 0 Å². The maximum atomic E-state index is 12.1. The van der Waals surface area contributed by atoms with E-state index in [0.717, 1.165) is 38.6 Å². The number of nitrogens with zero attached hydrogens (tertiary/aromatic N) is 1. The number of rotatable bonds is 5. The van der Waals surface area contributed by atoms with E-state index in [1.807, 2.05) is 36.4 Å². The van der Waals surface area contributed by atoms with Crippen LogP contribution in [-0.2, 0) is 17.8 Å². The zero-order valence-corrected chi connectivity index (χ0v) is 13.4. The van der Waals surface area contributed by atoms with Gasteiger partial charge in [-0.15, -0.1) is 0 Å². The average Bonchev–Trinajstić information content (AvgIpc) is 2.59. The maximum Gasteiger partial charge on any atom is 0.140 e. The van der Waals surface area contributed by atoms with Crippen molar-refractivity contribution in [1.82, 2.24) is 4.90 Å². The molecule has 1 fully saturated rings. The number of piperidine rings is 1. The smallest absolute Gasteiger partial charge is 0.140 e. The molecule has 1 saturated heterocycles. The van der Waals surface area contributed by atoms with Crippen LogP contribution in [0.15, 0.2) is 60.7 Å². The summed E-state index contributed by atoms with van der Waals surface area (Å²) in [5.74, 6) is 0. The van der Waals surface area contributed by atoms with Gasteiger partial charge in [-0.1, -0.05) is 60.7 Å². The Bertz CT molecular complexity index is 629. The average molecular weight is 308 g/mol. The van der Waals surface area contributed by atoms with Crippen LogP contribution < -0.4 is 5.73 Å². The molecular weight excluding hydrogens is 284 g/mol. The summed E-state index contributed by atoms with van der Waals surface area (Å²) in [5, 5.41) is 0. The molecule has 1 aliphatic rings. The van der Waals surface area contributed by atoms with Crippen LogP contribution in [0, 0.1) is 0 Å². The Morgan fingerprint density at radius 2 is 1.65 bits per heavy atom. The Hall–Kier alpha value is -1.97. The summed E-state index contributed by atoms with van der Waals surface area (Å²) < 4.78 is 0. The maximum absolute atomic E-state index is 12.1. The van der Waals surface area contributed by atoms with Gasteiger partial charge in [0.2, 0.25) is 0 Å². The van der Waals surface area contributed by atoms with E-state index in [-0.39, 0.29) is 6.04 Å². The van der Waals surface area contributed by atoms with Crippen LogP contribution >= 0.6 is 0 Å². The van der Waals surface area contributed by atoms with Crippen molar-refractivity contribution in [1.29, 1.82) is 0 Å². The van der Waals surface area contributed by atoms with E-state index in [9.17, 15) is 4.79 Å². The van der Waals surface area contributed by atoms with Gasteiger partial charge in [0, 0.05) is 19.1 Å². The van der Waals surface area contributed by atoms with Crippen molar-refractivity contribution >= 4 is 6.29 Å². The second-order valence-electron chi connectivity index (χ2n) is 6.55. The van der Waals surface area contributed by atoms with Gasteiger partial charge in [0.15, 0.2) is 0 Å². The number of hydrogen-bond acceptors (Lipinski definition) is 3. The molecule has 2 aromatic rings. The standard InChI is InChI=1S/C20H24N2O/c21-19-11-12-20(16-23,13-17-7-3-1-4-8-17)22(15-19)14-18-9-5-2-6-10-18/h1-10,16,19H,11-15,21H2. The Balaban J connectivity index is 1.86. The fourth-order valence-electron chi connectivity index (χ4n) is 3.50. The van der Waals surface area contributed by atoms with Crippen molar-refractivity contribution in [3.63, 3.8) is 0 Å². The van der Waals surface area contributed by atoms with Gasteiger partial charge in [0.25, 0.3) is 0 Å². The zero-order valence-electron chi connectivity index (χ0n) is 13.4. The lowest BCUT2D eigenvalue weighted by Crippen LogP contribution is -2.59. The Morgan fingerprint density at radius 3 is 2.26 bits per heavy atom. The molecule has 0 spiro atoms. The van der Waals surface area contributed by atoms with Gasteiger partial charge in [-0.2, -0.15) is 0 Å². The van der Waals surface area contributed by atoms with Gasteiger partial charge in [0.1, 0.15) is 6.29 Å². The van der Waals surface area contributed by atoms with Crippen LogP contribution in [-0.4, -0.2) is 29.3 Å². The molecule has 120 valence electrons. The van der Waals surface area contributed by atoms with Gasteiger partial charge in [-0.25, -0.2) is 0 Å². The molecule has 0 amide bonds. The van der Waals surface area contributed by atoms with Gasteiger partial charge in [-0.05, 0) is 30.4 Å². The van der Waals surface area contributed by atoms with Gasteiger partial charge >= 0.3 is 0 Å². The molecule has 2 N–H and O–H groups in total. The van der Waals surface area contributed by atoms with Gasteiger partial charge in [-0.3, -0.25) is 4.90 Å². The van der Waals surface area contributed by atoms with Crippen LogP contribution in [0.1, 0.15) is 24.0 Å². The molecule has 0 saturated carbocycles. The molecule has 0 aromatic heterocycles. The molecule has 1 heterocycles. The highest BCUT2D eigenvalue weighted by molar-refractivity contribution is 5.65. The molecular formula is C20H24N2O. The Labute approximate surface area is 138 Å². The summed E-state index contributed by atoms with van der Waals surface area (Å²) in [6, 6.07) is 20.7. The number of nitrogens with two attached hydrogens (primary N) is 1. The number of benzene rings is 2. The van der Waals surface area contributed by atoms with Crippen molar-refractivity contribution in [2.75, 3.05) is 6.54 Å². The highest BCUT2D eigenvalue weighted by atomic mass is 16.1. The molecule has 3 heteroatoms. The first-order chi connectivity index (χ1) is 11.2. The van der Waals surface area contributed by atoms with E-state index in [1.54, 1.807) is 0 Å². The summed E-state index contributed by atoms with van der Waals surface area (Å²) in [4.78, 5) is 14.4. The lowest BCUT2D eigenvalue weighted by atomic mass is 9.81. The second-order valence-corrected chi connectivity index (χ2v) is 6.55. The van der Waals surface area contributed by atoms with Gasteiger partial charge in [0.05, 0.1) is 5.54 Å². The molecule has 1 aliphatic heterocycles. The minimum absolute atomic E-state index is 0.141. The summed E-state index contributed by atoms with van der Waals surface area (Å²) in [6.07, 6.45) is 3.61. The molecule has 3 rings (SSSR count). The molecule has 0 aliphatic carbocycles. The quantitative estimate of drug-likeness (QED) is 0.864. The fraction of sp³-hybridized carbons (Fsp3) is 0.350. The SMILES string of the molecule is NC1CCC(C=O)(Cc2ccccc2)N(Cc2ccccc2)C1. The zero-order chi connectivity index (χ0) is 16.1. The second kappa shape index (κ2) is 7.07. The lowest BCUT2D eigenvalue weighted by Gasteiger charge is -2.46. The normalized spacial score (nSPS) is 25.2. The molecule has 23 heavy (non-hydrogen) atoms. The Morgan fingerprint density at radius 1 is 1.04 bits per heavy atom. The minimum Gasteiger partial charge on any atom is -0.327 e. The molecule has 2 aromatic carbocycles. The minimum atomic E-state index is -0.451. The predicted octanol–water partition coefficient (Wildman–Crippen LogP) is 2.79. The fourth-order valence-corrected chi connectivity index (χ4v) is 3.50. The number of hydrogen-bond donors (Lipinski definition) is 1. The van der Waals surface area contributed by atoms with Crippen LogP contribution in [0.3, 0.4) is 0 Å². The van der Waals surface area contributed by atoms with Crippen LogP contribution in [0.25, 0.3) is 0 Å². The number of aldehydes is 1. The van der Waals surface area contributed by atoms with Gasteiger partial charge < -0.3 is 10.5 Å². The molecule has 2 atom stereocenters. The van der Waals surface area contributed by atoms with Crippen molar-refractivity contribution in [2.45, 2.75) is 37.4 Å². The number of likely N-dealkylation sites (tertiary alicyclic amines) is 1. The van der Waals surface area contributed by atoms with E-state index in [2.05, 4.69) is 29.2 Å². The van der Waals surface area contributed by atoms with Crippen LogP contribution in [0.2, 0.25) is 0 Å². The van der Waals surface area contributed by atoms with Crippen molar-refractivity contribution in [3.05, 3.63) is 71.8 Å². The lowest BCUT2D eigenvalue weighted by molar-refractivity contribution is -0.121. The predicted molar refractivity (Wildman–Crippen MR) is 93.0 cm³/mol. The molecule has 2 unspecified atom stereocenters.